The predicted octanol–water partition coefficient (Wildman–Crippen LogP) is 7.04. The first-order valence-corrected chi connectivity index (χ1v) is 11.0. The van der Waals surface area contributed by atoms with Crippen LogP contribution in [0.25, 0.3) is 33.4 Å². The van der Waals surface area contributed by atoms with Crippen LogP contribution in [0.1, 0.15) is 22.6 Å². The lowest BCUT2D eigenvalue weighted by Crippen LogP contribution is -1.82. The first kappa shape index (κ1) is 24.0. The summed E-state index contributed by atoms with van der Waals surface area (Å²) in [4.78, 5) is 5.74. The van der Waals surface area contributed by atoms with Crippen LogP contribution in [-0.4, -0.2) is 13.3 Å². The molecule has 3 aromatic heterocycles. The maximum Gasteiger partial charge on any atom is 0.145 e. The second kappa shape index (κ2) is 11.3. The van der Waals surface area contributed by atoms with E-state index in [2.05, 4.69) is 17.8 Å². The van der Waals surface area contributed by atoms with E-state index in [1.807, 2.05) is 50.3 Å². The molecule has 0 unspecified atom stereocenters. The highest BCUT2D eigenvalue weighted by Crippen LogP contribution is 2.42. The Bertz CT molecular complexity index is 1440. The van der Waals surface area contributed by atoms with Gasteiger partial charge in [0.2, 0.25) is 0 Å². The van der Waals surface area contributed by atoms with E-state index in [1.165, 1.54) is 6.08 Å². The Labute approximate surface area is 202 Å². The number of nitrogens with zero attached hydrogens (tertiary/aromatic N) is 4. The van der Waals surface area contributed by atoms with Crippen LogP contribution >= 0.6 is 11.3 Å². The maximum absolute atomic E-state index is 9.05. The minimum atomic E-state index is 0.0281. The van der Waals surface area contributed by atoms with Crippen LogP contribution < -0.4 is 0 Å². The number of rotatable bonds is 8. The van der Waals surface area contributed by atoms with Crippen molar-refractivity contribution in [3.05, 3.63) is 82.4 Å². The van der Waals surface area contributed by atoms with Gasteiger partial charge in [-0.15, -0.1) is 11.3 Å². The van der Waals surface area contributed by atoms with Gasteiger partial charge in [-0.2, -0.15) is 15.8 Å². The molecule has 0 radical (unpaired) electrons. The van der Waals surface area contributed by atoms with E-state index in [-0.39, 0.29) is 12.1 Å². The lowest BCUT2D eigenvalue weighted by molar-refractivity contribution is 0.572. The Balaban J connectivity index is 1.83. The SMILES string of the molecule is C=NC/C(C#N)=C/C=C/c1ccc(-c2sc(-c3ccc(/C=C/C=C(C#N)C#N)o3)c(C)c2C)o1. The highest BCUT2D eigenvalue weighted by atomic mass is 32.1. The van der Waals surface area contributed by atoms with Gasteiger partial charge in [0.1, 0.15) is 40.8 Å². The molecule has 7 heteroatoms. The first-order valence-electron chi connectivity index (χ1n) is 10.2. The highest BCUT2D eigenvalue weighted by molar-refractivity contribution is 7.19. The molecule has 0 aliphatic carbocycles. The quantitative estimate of drug-likeness (QED) is 0.202. The van der Waals surface area contributed by atoms with Gasteiger partial charge >= 0.3 is 0 Å². The summed E-state index contributed by atoms with van der Waals surface area (Å²) >= 11 is 1.59. The highest BCUT2D eigenvalue weighted by Gasteiger charge is 2.18. The van der Waals surface area contributed by atoms with Crippen molar-refractivity contribution in [3.63, 3.8) is 0 Å². The molecule has 0 bridgehead atoms. The van der Waals surface area contributed by atoms with E-state index in [0.29, 0.717) is 17.1 Å². The number of furan rings is 2. The molecule has 0 amide bonds. The van der Waals surface area contributed by atoms with Crippen molar-refractivity contribution in [2.75, 3.05) is 6.54 Å². The Morgan fingerprint density at radius 1 is 0.882 bits per heavy atom. The largest absolute Gasteiger partial charge is 0.456 e. The molecule has 3 rings (SSSR count). The number of aliphatic imine (C=N–C) groups is 1. The summed E-state index contributed by atoms with van der Waals surface area (Å²) in [5, 5.41) is 26.6. The summed E-state index contributed by atoms with van der Waals surface area (Å²) in [6.07, 6.45) is 10.0. The first-order chi connectivity index (χ1) is 16.5. The number of hydrogen-bond acceptors (Lipinski definition) is 7. The average molecular weight is 465 g/mol. The van der Waals surface area contributed by atoms with Crippen LogP contribution in [0.2, 0.25) is 0 Å². The topological polar surface area (TPSA) is 110 Å². The van der Waals surface area contributed by atoms with Crippen molar-refractivity contribution in [1.29, 1.82) is 15.8 Å². The molecule has 3 aromatic rings. The molecule has 0 fully saturated rings. The van der Waals surface area contributed by atoms with Crippen LogP contribution in [-0.2, 0) is 0 Å². The molecule has 6 nitrogen and oxygen atoms in total. The molecular weight excluding hydrogens is 444 g/mol. The van der Waals surface area contributed by atoms with Gasteiger partial charge in [-0.3, -0.25) is 4.99 Å². The maximum atomic E-state index is 9.05. The summed E-state index contributed by atoms with van der Waals surface area (Å²) in [6, 6.07) is 13.2. The Morgan fingerprint density at radius 2 is 1.41 bits per heavy atom. The van der Waals surface area contributed by atoms with Crippen molar-refractivity contribution in [3.8, 4) is 39.5 Å². The molecule has 0 N–H and O–H groups in total. The van der Waals surface area contributed by atoms with Crippen molar-refractivity contribution in [2.45, 2.75) is 13.8 Å². The van der Waals surface area contributed by atoms with Gasteiger partial charge in [0.25, 0.3) is 0 Å². The zero-order valence-corrected chi connectivity index (χ0v) is 19.5. The molecule has 166 valence electrons. The number of allylic oxidation sites excluding steroid dienone is 5. The molecule has 0 atom stereocenters. The summed E-state index contributed by atoms with van der Waals surface area (Å²) < 4.78 is 12.0. The van der Waals surface area contributed by atoms with E-state index in [0.717, 1.165) is 32.4 Å². The average Bonchev–Trinajstić information content (AvgIpc) is 3.57. The van der Waals surface area contributed by atoms with Gasteiger partial charge < -0.3 is 8.83 Å². The molecule has 0 spiro atoms. The zero-order valence-electron chi connectivity index (χ0n) is 18.7. The smallest absolute Gasteiger partial charge is 0.145 e. The van der Waals surface area contributed by atoms with Crippen LogP contribution in [0, 0.1) is 47.8 Å². The fourth-order valence-electron chi connectivity index (χ4n) is 3.04. The van der Waals surface area contributed by atoms with Gasteiger partial charge in [0.15, 0.2) is 0 Å². The van der Waals surface area contributed by atoms with Crippen molar-refractivity contribution in [2.24, 2.45) is 4.99 Å². The molecular formula is C27H20N4O2S. The van der Waals surface area contributed by atoms with E-state index in [9.17, 15) is 0 Å². The van der Waals surface area contributed by atoms with Crippen molar-refractivity contribution < 1.29 is 8.83 Å². The normalized spacial score (nSPS) is 11.3. The number of hydrogen-bond donors (Lipinski definition) is 0. The minimum Gasteiger partial charge on any atom is -0.456 e. The predicted molar refractivity (Wildman–Crippen MR) is 135 cm³/mol. The van der Waals surface area contributed by atoms with Crippen LogP contribution in [0.4, 0.5) is 0 Å². The molecule has 0 saturated heterocycles. The third kappa shape index (κ3) is 5.58. The van der Waals surface area contributed by atoms with Crippen LogP contribution in [0.3, 0.4) is 0 Å². The second-order valence-electron chi connectivity index (χ2n) is 7.12. The zero-order chi connectivity index (χ0) is 24.5. The van der Waals surface area contributed by atoms with Crippen LogP contribution in [0.5, 0.6) is 0 Å². The standard InChI is InChI=1S/C27H20N4O2S/c1-18-19(2)27(25-13-11-23(33-25)9-5-7-21(16-30)17-31-3)34-26(18)24-12-10-22(32-24)8-4-6-20(14-28)15-29/h4-13H,3,17H2,1-2H3/b8-4+,9-5+,21-7+. The van der Waals surface area contributed by atoms with Gasteiger partial charge in [0, 0.05) is 0 Å². The molecule has 34 heavy (non-hydrogen) atoms. The van der Waals surface area contributed by atoms with E-state index < -0.39 is 0 Å². The van der Waals surface area contributed by atoms with Gasteiger partial charge in [0.05, 0.1) is 27.9 Å². The molecule has 0 aliphatic heterocycles. The van der Waals surface area contributed by atoms with E-state index in [4.69, 9.17) is 24.6 Å². The van der Waals surface area contributed by atoms with Gasteiger partial charge in [-0.05, 0) is 80.3 Å². The minimum absolute atomic E-state index is 0.0281. The third-order valence-electron chi connectivity index (χ3n) is 4.90. The molecule has 0 aliphatic rings. The van der Waals surface area contributed by atoms with E-state index >= 15 is 0 Å². The number of nitriles is 3. The Hall–Kier alpha value is -4.64. The third-order valence-corrected chi connectivity index (χ3v) is 6.32. The van der Waals surface area contributed by atoms with Gasteiger partial charge in [-0.25, -0.2) is 0 Å². The van der Waals surface area contributed by atoms with E-state index in [1.54, 1.807) is 41.7 Å². The molecule has 0 saturated carbocycles. The fourth-order valence-corrected chi connectivity index (χ4v) is 4.28. The Morgan fingerprint density at radius 3 is 1.88 bits per heavy atom. The molecule has 0 aromatic carbocycles. The van der Waals surface area contributed by atoms with Gasteiger partial charge in [-0.1, -0.05) is 12.2 Å². The van der Waals surface area contributed by atoms with Crippen molar-refractivity contribution >= 4 is 30.2 Å². The lowest BCUT2D eigenvalue weighted by atomic mass is 10.1. The summed E-state index contributed by atoms with van der Waals surface area (Å²) in [6.45, 7) is 7.77. The molecule has 3 heterocycles. The summed E-state index contributed by atoms with van der Waals surface area (Å²) in [5.41, 5.74) is 2.76. The summed E-state index contributed by atoms with van der Waals surface area (Å²) in [7, 11) is 0. The summed E-state index contributed by atoms with van der Waals surface area (Å²) in [5.74, 6) is 2.79. The van der Waals surface area contributed by atoms with Crippen molar-refractivity contribution in [1.82, 2.24) is 0 Å². The fraction of sp³-hybridized carbons (Fsp3) is 0.111. The van der Waals surface area contributed by atoms with Crippen LogP contribution in [0.15, 0.2) is 73.5 Å². The second-order valence-corrected chi connectivity index (χ2v) is 8.14. The number of thiophene rings is 1. The lowest BCUT2D eigenvalue weighted by Gasteiger charge is -1.95. The monoisotopic (exact) mass is 464 g/mol. The Kier molecular flexibility index (Phi) is 7.97.